The summed E-state index contributed by atoms with van der Waals surface area (Å²) in [5.41, 5.74) is 6.22. The monoisotopic (exact) mass is 292 g/mol. The summed E-state index contributed by atoms with van der Waals surface area (Å²) in [6, 6.07) is 4.21. The molecule has 0 amide bonds. The van der Waals surface area contributed by atoms with Crippen LogP contribution in [0.3, 0.4) is 0 Å². The highest BCUT2D eigenvalue weighted by Gasteiger charge is 2.09. The molecule has 0 aliphatic heterocycles. The lowest BCUT2D eigenvalue weighted by Crippen LogP contribution is -2.04. The van der Waals surface area contributed by atoms with Crippen molar-refractivity contribution >= 4 is 28.5 Å². The van der Waals surface area contributed by atoms with E-state index in [2.05, 4.69) is 10.1 Å². The Balaban J connectivity index is 2.04. The maximum Gasteiger partial charge on any atom is 0.259 e. The van der Waals surface area contributed by atoms with Crippen LogP contribution in [0, 0.1) is 0 Å². The molecule has 0 unspecified atom stereocenters. The Bertz CT molecular complexity index is 654. The third-order valence-electron chi connectivity index (χ3n) is 2.29. The quantitative estimate of drug-likeness (QED) is 0.432. The van der Waals surface area contributed by atoms with Crippen LogP contribution in [0.4, 0.5) is 5.13 Å². The Hall–Kier alpha value is -2.61. The molecule has 103 valence electrons. The van der Waals surface area contributed by atoms with Crippen molar-refractivity contribution in [1.82, 2.24) is 4.98 Å². The van der Waals surface area contributed by atoms with E-state index < -0.39 is 0 Å². The lowest BCUT2D eigenvalue weighted by molar-refractivity contribution is 0.131. The molecule has 0 aliphatic carbocycles. The minimum atomic E-state index is -0.260. The zero-order valence-electron chi connectivity index (χ0n) is 10.1. The van der Waals surface area contributed by atoms with Gasteiger partial charge in [0.15, 0.2) is 22.3 Å². The molecule has 8 heteroatoms. The van der Waals surface area contributed by atoms with Gasteiger partial charge in [-0.2, -0.15) is 0 Å². The fourth-order valence-corrected chi connectivity index (χ4v) is 1.89. The highest BCUT2D eigenvalue weighted by molar-refractivity contribution is 7.13. The second-order valence-corrected chi connectivity index (χ2v) is 4.60. The van der Waals surface area contributed by atoms with Crippen molar-refractivity contribution in [2.45, 2.75) is 6.61 Å². The maximum atomic E-state index is 10.8. The number of phenolic OH excluding ortho intramolecular Hbond substituents is 2. The molecule has 0 aliphatic rings. The number of hydrogen-bond acceptors (Lipinski definition) is 8. The number of nitrogens with zero attached hydrogens (tertiary/aromatic N) is 2. The normalized spacial score (nSPS) is 11.3. The van der Waals surface area contributed by atoms with Crippen LogP contribution in [0.15, 0.2) is 28.7 Å². The van der Waals surface area contributed by atoms with Gasteiger partial charge in [-0.1, -0.05) is 11.2 Å². The summed E-state index contributed by atoms with van der Waals surface area (Å²) in [5.74, 6) is -0.485. The van der Waals surface area contributed by atoms with Gasteiger partial charge in [0, 0.05) is 5.38 Å². The summed E-state index contributed by atoms with van der Waals surface area (Å²) in [6.07, 6.45) is 1.61. The minimum absolute atomic E-state index is 0.0125. The molecule has 2 aromatic rings. The average molecular weight is 292 g/mol. The van der Waals surface area contributed by atoms with E-state index in [9.17, 15) is 9.90 Å². The summed E-state index contributed by atoms with van der Waals surface area (Å²) < 4.78 is 0. The van der Waals surface area contributed by atoms with E-state index in [0.717, 1.165) is 0 Å². The molecular formula is C12H10N3O4S. The molecule has 0 saturated heterocycles. The zero-order valence-corrected chi connectivity index (χ0v) is 10.9. The number of benzene rings is 1. The Morgan fingerprint density at radius 3 is 2.85 bits per heavy atom. The molecule has 0 atom stereocenters. The second kappa shape index (κ2) is 6.02. The molecule has 2 rings (SSSR count). The summed E-state index contributed by atoms with van der Waals surface area (Å²) >= 11 is 1.17. The van der Waals surface area contributed by atoms with Crippen molar-refractivity contribution in [1.29, 1.82) is 0 Å². The van der Waals surface area contributed by atoms with Gasteiger partial charge in [0.25, 0.3) is 6.29 Å². The number of hydrogen-bond donors (Lipinski definition) is 3. The minimum Gasteiger partial charge on any atom is -0.504 e. The smallest absolute Gasteiger partial charge is 0.259 e. The Labute approximate surface area is 117 Å². The van der Waals surface area contributed by atoms with Crippen LogP contribution in [-0.4, -0.2) is 27.2 Å². The Morgan fingerprint density at radius 1 is 1.45 bits per heavy atom. The van der Waals surface area contributed by atoms with Gasteiger partial charge >= 0.3 is 0 Å². The number of carbonyl (C=O) groups excluding carboxylic acids is 1. The van der Waals surface area contributed by atoms with Crippen LogP contribution in [-0.2, 0) is 16.2 Å². The fraction of sp³-hybridized carbons (Fsp3) is 0.0833. The summed E-state index contributed by atoms with van der Waals surface area (Å²) in [7, 11) is 0. The third-order valence-corrected chi connectivity index (χ3v) is 2.96. The topological polar surface area (TPSA) is 118 Å². The molecule has 0 spiro atoms. The second-order valence-electron chi connectivity index (χ2n) is 3.71. The first-order valence-corrected chi connectivity index (χ1v) is 6.28. The Morgan fingerprint density at radius 2 is 2.25 bits per heavy atom. The number of nitrogen functional groups attached to an aromatic ring is 1. The first-order chi connectivity index (χ1) is 9.60. The number of nitrogens with two attached hydrogens (primary N) is 1. The molecule has 7 nitrogen and oxygen atoms in total. The van der Waals surface area contributed by atoms with E-state index in [-0.39, 0.29) is 29.5 Å². The molecule has 20 heavy (non-hydrogen) atoms. The van der Waals surface area contributed by atoms with Gasteiger partial charge in [0.1, 0.15) is 12.3 Å². The molecule has 1 heterocycles. The SMILES string of the molecule is Nc1nc(/C([C]=O)=N\OCc2ccc(O)c(O)c2)cs1. The number of rotatable bonds is 5. The number of aromatic hydroxyl groups is 2. The third kappa shape index (κ3) is 3.23. The molecule has 1 aromatic carbocycles. The van der Waals surface area contributed by atoms with Gasteiger partial charge in [0.2, 0.25) is 0 Å². The van der Waals surface area contributed by atoms with Crippen LogP contribution in [0.2, 0.25) is 0 Å². The van der Waals surface area contributed by atoms with E-state index in [1.165, 1.54) is 23.5 Å². The van der Waals surface area contributed by atoms with Crippen LogP contribution >= 0.6 is 11.3 Å². The molecule has 4 N–H and O–H groups in total. The van der Waals surface area contributed by atoms with Crippen molar-refractivity contribution in [2.75, 3.05) is 5.73 Å². The van der Waals surface area contributed by atoms with Gasteiger partial charge in [-0.25, -0.2) is 4.98 Å². The van der Waals surface area contributed by atoms with E-state index in [4.69, 9.17) is 15.7 Å². The first-order valence-electron chi connectivity index (χ1n) is 5.40. The molecular weight excluding hydrogens is 282 g/mol. The van der Waals surface area contributed by atoms with Gasteiger partial charge in [-0.3, -0.25) is 4.79 Å². The standard InChI is InChI=1S/C12H10N3O4S/c13-12-14-9(6-20-12)8(4-16)15-19-5-7-1-2-10(17)11(18)3-7/h1-3,6,17-18H,5H2,(H2,13,14)/b15-8-. The number of thiazole rings is 1. The van der Waals surface area contributed by atoms with Crippen molar-refractivity contribution in [3.8, 4) is 11.5 Å². The zero-order chi connectivity index (χ0) is 14.5. The largest absolute Gasteiger partial charge is 0.504 e. The predicted octanol–water partition coefficient (Wildman–Crippen LogP) is 1.17. The first kappa shape index (κ1) is 13.8. The molecule has 0 bridgehead atoms. The number of oxime groups is 1. The highest BCUT2D eigenvalue weighted by atomic mass is 32.1. The van der Waals surface area contributed by atoms with Crippen molar-refractivity contribution < 1.29 is 19.8 Å². The van der Waals surface area contributed by atoms with Crippen molar-refractivity contribution in [3.63, 3.8) is 0 Å². The Kier molecular flexibility index (Phi) is 4.16. The van der Waals surface area contributed by atoms with E-state index in [1.807, 2.05) is 0 Å². The highest BCUT2D eigenvalue weighted by Crippen LogP contribution is 2.25. The van der Waals surface area contributed by atoms with Gasteiger partial charge < -0.3 is 20.8 Å². The summed E-state index contributed by atoms with van der Waals surface area (Å²) in [4.78, 5) is 19.6. The number of anilines is 1. The van der Waals surface area contributed by atoms with Crippen LogP contribution < -0.4 is 5.73 Å². The number of phenols is 2. The van der Waals surface area contributed by atoms with Crippen molar-refractivity contribution in [3.05, 3.63) is 34.8 Å². The van der Waals surface area contributed by atoms with Crippen molar-refractivity contribution in [2.24, 2.45) is 5.16 Å². The van der Waals surface area contributed by atoms with Gasteiger partial charge in [-0.05, 0) is 17.7 Å². The predicted molar refractivity (Wildman–Crippen MR) is 73.3 cm³/mol. The lowest BCUT2D eigenvalue weighted by atomic mass is 10.2. The maximum absolute atomic E-state index is 10.8. The molecule has 0 saturated carbocycles. The summed E-state index contributed by atoms with van der Waals surface area (Å²) in [5, 5.41) is 24.0. The molecule has 1 aromatic heterocycles. The van der Waals surface area contributed by atoms with E-state index in [1.54, 1.807) is 17.7 Å². The van der Waals surface area contributed by atoms with E-state index in [0.29, 0.717) is 10.7 Å². The van der Waals surface area contributed by atoms with E-state index >= 15 is 0 Å². The van der Waals surface area contributed by atoms with Gasteiger partial charge in [0.05, 0.1) is 0 Å². The fourth-order valence-electron chi connectivity index (χ4n) is 1.34. The number of aromatic nitrogens is 1. The summed E-state index contributed by atoms with van der Waals surface area (Å²) in [6.45, 7) is 0.0125. The molecule has 1 radical (unpaired) electrons. The molecule has 0 fully saturated rings. The van der Waals surface area contributed by atoms with Crippen LogP contribution in [0.25, 0.3) is 0 Å². The lowest BCUT2D eigenvalue weighted by Gasteiger charge is -2.02. The van der Waals surface area contributed by atoms with Crippen LogP contribution in [0.5, 0.6) is 11.5 Å². The van der Waals surface area contributed by atoms with Crippen LogP contribution in [0.1, 0.15) is 11.3 Å². The van der Waals surface area contributed by atoms with Gasteiger partial charge in [-0.15, -0.1) is 11.3 Å². The average Bonchev–Trinajstić information content (AvgIpc) is 2.85.